The Morgan fingerprint density at radius 3 is 2.32 bits per heavy atom. The fraction of sp³-hybridized carbons (Fsp3) is 0.952. The largest absolute Gasteiger partial charge is 0.380 e. The van der Waals surface area contributed by atoms with Gasteiger partial charge in [-0.1, -0.05) is 20.3 Å². The molecule has 0 bridgehead atoms. The zero-order valence-corrected chi connectivity index (χ0v) is 21.0. The van der Waals surface area contributed by atoms with Gasteiger partial charge in [-0.05, 0) is 71.2 Å². The van der Waals surface area contributed by atoms with Crippen LogP contribution < -0.4 is 10.6 Å². The number of nitrogens with one attached hydrogen (secondary N) is 2. The maximum atomic E-state index is 5.70. The van der Waals surface area contributed by atoms with Gasteiger partial charge in [0.2, 0.25) is 0 Å². The Balaban J connectivity index is 0.00000392. The molecule has 2 fully saturated rings. The van der Waals surface area contributed by atoms with E-state index in [0.29, 0.717) is 5.92 Å². The summed E-state index contributed by atoms with van der Waals surface area (Å²) in [5, 5.41) is 7.04. The van der Waals surface area contributed by atoms with Crippen molar-refractivity contribution in [3.63, 3.8) is 0 Å². The van der Waals surface area contributed by atoms with Crippen molar-refractivity contribution >= 4 is 29.9 Å². The van der Waals surface area contributed by atoms with Crippen LogP contribution in [0.1, 0.15) is 52.4 Å². The lowest BCUT2D eigenvalue weighted by atomic mass is 9.84. The molecule has 166 valence electrons. The van der Waals surface area contributed by atoms with E-state index in [-0.39, 0.29) is 29.5 Å². The number of halogens is 1. The number of ether oxygens (including phenoxy) is 1. The zero-order chi connectivity index (χ0) is 19.5. The monoisotopic (exact) mass is 509 g/mol. The van der Waals surface area contributed by atoms with Crippen LogP contribution >= 0.6 is 24.0 Å². The summed E-state index contributed by atoms with van der Waals surface area (Å²) in [6.45, 7) is 12.7. The van der Waals surface area contributed by atoms with Gasteiger partial charge < -0.3 is 20.3 Å². The first-order chi connectivity index (χ1) is 13.1. The minimum atomic E-state index is 0. The molecule has 0 aromatic rings. The molecule has 0 aromatic heterocycles. The number of likely N-dealkylation sites (tertiary alicyclic amines) is 2. The van der Waals surface area contributed by atoms with Crippen molar-refractivity contribution < 1.29 is 4.74 Å². The summed E-state index contributed by atoms with van der Waals surface area (Å²) < 4.78 is 5.70. The first-order valence-corrected chi connectivity index (χ1v) is 11.0. The summed E-state index contributed by atoms with van der Waals surface area (Å²) in [7, 11) is 4.10. The Kier molecular flexibility index (Phi) is 12.9. The van der Waals surface area contributed by atoms with Crippen molar-refractivity contribution in [3.8, 4) is 0 Å². The molecule has 7 heteroatoms. The number of nitrogens with zero attached hydrogens (tertiary/aromatic N) is 3. The van der Waals surface area contributed by atoms with Crippen molar-refractivity contribution in [2.24, 2.45) is 10.9 Å². The van der Waals surface area contributed by atoms with Gasteiger partial charge in [-0.15, -0.1) is 24.0 Å². The molecule has 0 saturated carbocycles. The summed E-state index contributed by atoms with van der Waals surface area (Å²) in [6.07, 6.45) is 7.69. The van der Waals surface area contributed by atoms with Gasteiger partial charge in [0.1, 0.15) is 0 Å². The molecule has 0 radical (unpaired) electrons. The maximum Gasteiger partial charge on any atom is 0.191 e. The van der Waals surface area contributed by atoms with E-state index in [4.69, 9.17) is 4.74 Å². The van der Waals surface area contributed by atoms with E-state index in [1.807, 2.05) is 7.05 Å². The standard InChI is InChI=1S/C21H43N5O.HI/c1-19(2)8-16-27-17-11-23-20(22-3)24-18-21(9-14-25(4)15-10-21)26-12-6-5-7-13-26;/h19H,5-18H2,1-4H3,(H2,22,23,24);1H. The van der Waals surface area contributed by atoms with Crippen LogP contribution in [0.25, 0.3) is 0 Å². The van der Waals surface area contributed by atoms with Gasteiger partial charge in [0.05, 0.1) is 6.61 Å². The van der Waals surface area contributed by atoms with Crippen LogP contribution in [0.4, 0.5) is 0 Å². The lowest BCUT2D eigenvalue weighted by molar-refractivity contribution is 0.0173. The van der Waals surface area contributed by atoms with Crippen LogP contribution in [0.3, 0.4) is 0 Å². The molecule has 28 heavy (non-hydrogen) atoms. The molecule has 2 aliphatic rings. The quantitative estimate of drug-likeness (QED) is 0.217. The van der Waals surface area contributed by atoms with Crippen LogP contribution in [0.2, 0.25) is 0 Å². The van der Waals surface area contributed by atoms with Gasteiger partial charge in [-0.25, -0.2) is 0 Å². The van der Waals surface area contributed by atoms with Crippen LogP contribution in [0.5, 0.6) is 0 Å². The topological polar surface area (TPSA) is 52.1 Å². The number of hydrogen-bond acceptors (Lipinski definition) is 4. The SMILES string of the molecule is CN=C(NCCOCCC(C)C)NCC1(N2CCCCC2)CCN(C)CC1.I. The normalized spacial score (nSPS) is 21.4. The molecule has 0 aromatic carbocycles. The summed E-state index contributed by atoms with van der Waals surface area (Å²) in [4.78, 5) is 9.64. The van der Waals surface area contributed by atoms with Crippen molar-refractivity contribution in [2.45, 2.75) is 57.9 Å². The van der Waals surface area contributed by atoms with E-state index >= 15 is 0 Å². The van der Waals surface area contributed by atoms with Crippen LogP contribution in [0, 0.1) is 5.92 Å². The van der Waals surface area contributed by atoms with Gasteiger partial charge in [0, 0.05) is 32.3 Å². The van der Waals surface area contributed by atoms with Crippen molar-refractivity contribution in [1.82, 2.24) is 20.4 Å². The third kappa shape index (κ3) is 8.71. The highest BCUT2D eigenvalue weighted by Crippen LogP contribution is 2.30. The highest BCUT2D eigenvalue weighted by molar-refractivity contribution is 14.0. The minimum Gasteiger partial charge on any atom is -0.380 e. The van der Waals surface area contributed by atoms with E-state index in [1.54, 1.807) is 0 Å². The molecule has 2 saturated heterocycles. The van der Waals surface area contributed by atoms with Gasteiger partial charge >= 0.3 is 0 Å². The number of rotatable bonds is 9. The number of aliphatic imine (C=N–C) groups is 1. The number of guanidine groups is 1. The Morgan fingerprint density at radius 2 is 1.71 bits per heavy atom. The second-order valence-corrected chi connectivity index (χ2v) is 8.72. The summed E-state index contributed by atoms with van der Waals surface area (Å²) in [6, 6.07) is 0. The van der Waals surface area contributed by atoms with Crippen LogP contribution in [0.15, 0.2) is 4.99 Å². The molecule has 2 heterocycles. The van der Waals surface area contributed by atoms with E-state index in [9.17, 15) is 0 Å². The van der Waals surface area contributed by atoms with Crippen molar-refractivity contribution in [1.29, 1.82) is 0 Å². The molecule has 0 unspecified atom stereocenters. The summed E-state index contributed by atoms with van der Waals surface area (Å²) in [5.41, 5.74) is 0.276. The molecule has 2 aliphatic heterocycles. The maximum absolute atomic E-state index is 5.70. The fourth-order valence-corrected chi connectivity index (χ4v) is 4.14. The second-order valence-electron chi connectivity index (χ2n) is 8.72. The fourth-order valence-electron chi connectivity index (χ4n) is 4.14. The molecule has 0 aliphatic carbocycles. The van der Waals surface area contributed by atoms with Crippen molar-refractivity contribution in [3.05, 3.63) is 0 Å². The minimum absolute atomic E-state index is 0. The summed E-state index contributed by atoms with van der Waals surface area (Å²) >= 11 is 0. The van der Waals surface area contributed by atoms with E-state index in [2.05, 4.69) is 46.3 Å². The van der Waals surface area contributed by atoms with Gasteiger partial charge in [0.25, 0.3) is 0 Å². The third-order valence-corrected chi connectivity index (χ3v) is 6.13. The third-order valence-electron chi connectivity index (χ3n) is 6.13. The smallest absolute Gasteiger partial charge is 0.191 e. The van der Waals surface area contributed by atoms with E-state index in [0.717, 1.165) is 38.7 Å². The predicted molar refractivity (Wildman–Crippen MR) is 130 cm³/mol. The van der Waals surface area contributed by atoms with Gasteiger partial charge in [0.15, 0.2) is 5.96 Å². The molecule has 0 spiro atoms. The highest BCUT2D eigenvalue weighted by atomic mass is 127. The Bertz CT molecular complexity index is 433. The second kappa shape index (κ2) is 14.0. The van der Waals surface area contributed by atoms with Crippen LogP contribution in [-0.2, 0) is 4.74 Å². The van der Waals surface area contributed by atoms with Gasteiger partial charge in [-0.3, -0.25) is 9.89 Å². The van der Waals surface area contributed by atoms with E-state index in [1.165, 1.54) is 58.3 Å². The lowest BCUT2D eigenvalue weighted by Crippen LogP contribution is -2.62. The molecule has 0 atom stereocenters. The summed E-state index contributed by atoms with van der Waals surface area (Å²) in [5.74, 6) is 1.60. The first kappa shape index (κ1) is 25.9. The number of hydrogen-bond donors (Lipinski definition) is 2. The van der Waals surface area contributed by atoms with Crippen LogP contribution in [-0.4, -0.2) is 87.9 Å². The molecular formula is C21H44IN5O. The molecule has 2 rings (SSSR count). The Labute approximate surface area is 190 Å². The molecular weight excluding hydrogens is 465 g/mol. The predicted octanol–water partition coefficient (Wildman–Crippen LogP) is 2.78. The molecule has 0 amide bonds. The highest BCUT2D eigenvalue weighted by Gasteiger charge is 2.39. The zero-order valence-electron chi connectivity index (χ0n) is 18.6. The van der Waals surface area contributed by atoms with Gasteiger partial charge in [-0.2, -0.15) is 0 Å². The molecule has 2 N–H and O–H groups in total. The Hall–Kier alpha value is -0.120. The number of piperidine rings is 2. The average Bonchev–Trinajstić information content (AvgIpc) is 2.69. The average molecular weight is 510 g/mol. The Morgan fingerprint density at radius 1 is 1.04 bits per heavy atom. The van der Waals surface area contributed by atoms with Crippen molar-refractivity contribution in [2.75, 3.05) is 66.6 Å². The molecule has 6 nitrogen and oxygen atoms in total. The van der Waals surface area contributed by atoms with E-state index < -0.39 is 0 Å². The first-order valence-electron chi connectivity index (χ1n) is 11.0. The lowest BCUT2D eigenvalue weighted by Gasteiger charge is -2.50.